The first-order chi connectivity index (χ1) is 32.0. The minimum Gasteiger partial charge on any atom is -0.462 e. The van der Waals surface area contributed by atoms with Crippen LogP contribution in [-0.2, 0) is 28.6 Å². The minimum absolute atomic E-state index is 0.0983. The number of unbranched alkanes of at least 4 members (excludes halogenated alkanes) is 3. The summed E-state index contributed by atoms with van der Waals surface area (Å²) >= 11 is 0. The van der Waals surface area contributed by atoms with Gasteiger partial charge in [0, 0.05) is 12.8 Å². The second-order valence-corrected chi connectivity index (χ2v) is 14.7. The number of rotatable bonds is 39. The van der Waals surface area contributed by atoms with Crippen LogP contribution in [0.15, 0.2) is 194 Å². The molecule has 65 heavy (non-hydrogen) atoms. The van der Waals surface area contributed by atoms with Crippen LogP contribution in [0.5, 0.6) is 0 Å². The van der Waals surface area contributed by atoms with E-state index in [0.717, 1.165) is 83.5 Å². The number of carbonyl (C=O) groups is 3. The topological polar surface area (TPSA) is 78.9 Å². The maximum absolute atomic E-state index is 12.7. The van der Waals surface area contributed by atoms with Gasteiger partial charge in [-0.15, -0.1) is 0 Å². The molecule has 0 radical (unpaired) electrons. The first-order valence-corrected chi connectivity index (χ1v) is 24.0. The van der Waals surface area contributed by atoms with Crippen LogP contribution >= 0.6 is 0 Å². The summed E-state index contributed by atoms with van der Waals surface area (Å²) in [6.07, 6.45) is 78.9. The number of esters is 3. The van der Waals surface area contributed by atoms with Gasteiger partial charge < -0.3 is 14.2 Å². The molecule has 0 aliphatic heterocycles. The molecule has 354 valence electrons. The van der Waals surface area contributed by atoms with Crippen molar-refractivity contribution in [2.75, 3.05) is 13.2 Å². The van der Waals surface area contributed by atoms with Crippen molar-refractivity contribution in [3.8, 4) is 0 Å². The van der Waals surface area contributed by atoms with Gasteiger partial charge in [-0.25, -0.2) is 0 Å². The molecule has 6 heteroatoms. The molecule has 0 amide bonds. The van der Waals surface area contributed by atoms with Crippen molar-refractivity contribution in [2.24, 2.45) is 0 Å². The summed E-state index contributed by atoms with van der Waals surface area (Å²) in [4.78, 5) is 37.7. The second kappa shape index (κ2) is 50.9. The van der Waals surface area contributed by atoms with Gasteiger partial charge >= 0.3 is 17.9 Å². The van der Waals surface area contributed by atoms with Gasteiger partial charge in [-0.1, -0.05) is 222 Å². The number of allylic oxidation sites excluding steroid dienone is 31. The lowest BCUT2D eigenvalue weighted by Gasteiger charge is -2.18. The van der Waals surface area contributed by atoms with E-state index in [-0.39, 0.29) is 38.4 Å². The number of ether oxygens (including phenoxy) is 3. The summed E-state index contributed by atoms with van der Waals surface area (Å²) < 4.78 is 16.5. The molecule has 0 N–H and O–H groups in total. The standard InChI is InChI=1S/C59H82O6/c1-4-7-10-13-16-19-21-23-25-27-29-31-33-35-37-40-43-46-49-52-58(61)64-55-56(54-63-57(60)51-48-45-42-39-18-15-12-9-6-3)65-59(62)53-50-47-44-41-38-36-34-32-30-28-26-24-22-20-17-14-11-8-5-2/h7-13,16-21,23-27,29-33,35-39,44-45,47-48,56H,4-6,14-15,22,28,34,40-43,46,49-55H2,1-3H3/b10-7-,11-8-,12-9-,16-13-,20-17-,21-19-,25-23-,26-24-,29-27+,32-30-,33-31-,37-35-,38-36-,39-18-,47-44-,48-45-. The van der Waals surface area contributed by atoms with Gasteiger partial charge in [0.1, 0.15) is 13.2 Å². The predicted octanol–water partition coefficient (Wildman–Crippen LogP) is 16.0. The van der Waals surface area contributed by atoms with E-state index in [1.54, 1.807) is 6.08 Å². The minimum atomic E-state index is -0.884. The monoisotopic (exact) mass is 887 g/mol. The Labute approximate surface area is 395 Å². The molecule has 0 aliphatic carbocycles. The molecule has 0 rings (SSSR count). The third kappa shape index (κ3) is 49.1. The van der Waals surface area contributed by atoms with Gasteiger partial charge in [-0.3, -0.25) is 14.4 Å². The molecule has 0 fully saturated rings. The fourth-order valence-electron chi connectivity index (χ4n) is 5.33. The average molecular weight is 887 g/mol. The fraction of sp³-hybridized carbons (Fsp3) is 0.407. The van der Waals surface area contributed by atoms with Crippen molar-refractivity contribution < 1.29 is 28.6 Å². The van der Waals surface area contributed by atoms with Gasteiger partial charge in [0.2, 0.25) is 0 Å². The third-order valence-electron chi connectivity index (χ3n) is 8.82. The molecule has 0 aliphatic rings. The summed E-state index contributed by atoms with van der Waals surface area (Å²) in [5.41, 5.74) is 0. The summed E-state index contributed by atoms with van der Waals surface area (Å²) in [5.74, 6) is -1.25. The number of hydrogen-bond acceptors (Lipinski definition) is 6. The van der Waals surface area contributed by atoms with E-state index in [1.807, 2.05) is 91.1 Å². The normalized spacial score (nSPS) is 13.8. The zero-order valence-corrected chi connectivity index (χ0v) is 40.1. The SMILES string of the molecule is CC\C=C/C=C\C=C/C=C\C=C\C=C/C=C\CCCCCC(=O)OCC(COC(=O)C/C=C\C/C=C\C/C=C\CC)OC(=O)CC/C=C\C/C=C\C/C=C\C/C=C\C/C=C\C/C=C\CC. The summed E-state index contributed by atoms with van der Waals surface area (Å²) in [5, 5.41) is 0. The largest absolute Gasteiger partial charge is 0.462 e. The highest BCUT2D eigenvalue weighted by atomic mass is 16.6. The van der Waals surface area contributed by atoms with Crippen LogP contribution in [0.25, 0.3) is 0 Å². The zero-order valence-electron chi connectivity index (χ0n) is 40.1. The van der Waals surface area contributed by atoms with Crippen LogP contribution in [0.2, 0.25) is 0 Å². The first-order valence-electron chi connectivity index (χ1n) is 24.0. The molecule has 0 aromatic carbocycles. The highest BCUT2D eigenvalue weighted by Crippen LogP contribution is 2.08. The molecule has 0 aromatic rings. The van der Waals surface area contributed by atoms with Gasteiger partial charge in [0.05, 0.1) is 6.42 Å². The first kappa shape index (κ1) is 59.2. The van der Waals surface area contributed by atoms with Crippen LogP contribution in [0.4, 0.5) is 0 Å². The third-order valence-corrected chi connectivity index (χ3v) is 8.82. The quantitative estimate of drug-likeness (QED) is 0.0201. The zero-order chi connectivity index (χ0) is 47.2. The van der Waals surface area contributed by atoms with E-state index in [9.17, 15) is 14.4 Å². The smallest absolute Gasteiger partial charge is 0.309 e. The van der Waals surface area contributed by atoms with E-state index in [2.05, 4.69) is 118 Å². The molecule has 1 unspecified atom stereocenters. The predicted molar refractivity (Wildman–Crippen MR) is 278 cm³/mol. The Morgan fingerprint density at radius 2 is 0.723 bits per heavy atom. The summed E-state index contributed by atoms with van der Waals surface area (Å²) in [6, 6.07) is 0. The Kier molecular flexibility index (Phi) is 46.4. The molecule has 0 heterocycles. The van der Waals surface area contributed by atoms with Crippen LogP contribution in [0.1, 0.15) is 136 Å². The lowest BCUT2D eigenvalue weighted by Crippen LogP contribution is -2.30. The van der Waals surface area contributed by atoms with Gasteiger partial charge in [-0.05, 0) is 89.9 Å². The van der Waals surface area contributed by atoms with Crippen molar-refractivity contribution in [3.05, 3.63) is 194 Å². The Morgan fingerprint density at radius 1 is 0.338 bits per heavy atom. The number of hydrogen-bond donors (Lipinski definition) is 0. The van der Waals surface area contributed by atoms with Crippen LogP contribution in [0, 0.1) is 0 Å². The summed E-state index contributed by atoms with van der Waals surface area (Å²) in [7, 11) is 0. The Bertz CT molecular complexity index is 1680. The summed E-state index contributed by atoms with van der Waals surface area (Å²) in [6.45, 7) is 6.00. The highest BCUT2D eigenvalue weighted by Gasteiger charge is 2.19. The van der Waals surface area contributed by atoms with E-state index in [0.29, 0.717) is 12.8 Å². The van der Waals surface area contributed by atoms with E-state index >= 15 is 0 Å². The maximum Gasteiger partial charge on any atom is 0.309 e. The molecule has 0 aromatic heterocycles. The highest BCUT2D eigenvalue weighted by molar-refractivity contribution is 5.72. The van der Waals surface area contributed by atoms with E-state index < -0.39 is 18.0 Å². The molecular formula is C59H82O6. The van der Waals surface area contributed by atoms with Crippen molar-refractivity contribution >= 4 is 17.9 Å². The molecule has 6 nitrogen and oxygen atoms in total. The van der Waals surface area contributed by atoms with E-state index in [1.165, 1.54) is 0 Å². The van der Waals surface area contributed by atoms with Crippen molar-refractivity contribution in [1.82, 2.24) is 0 Å². The molecule has 0 saturated heterocycles. The molecule has 0 spiro atoms. The van der Waals surface area contributed by atoms with Gasteiger partial charge in [0.25, 0.3) is 0 Å². The van der Waals surface area contributed by atoms with Crippen LogP contribution in [-0.4, -0.2) is 37.2 Å². The van der Waals surface area contributed by atoms with Gasteiger partial charge in [0.15, 0.2) is 6.10 Å². The average Bonchev–Trinajstić information content (AvgIpc) is 3.30. The fourth-order valence-corrected chi connectivity index (χ4v) is 5.33. The Hall–Kier alpha value is -5.75. The maximum atomic E-state index is 12.7. The number of carbonyl (C=O) groups excluding carboxylic acids is 3. The lowest BCUT2D eigenvalue weighted by molar-refractivity contribution is -0.166. The molecular weight excluding hydrogens is 805 g/mol. The van der Waals surface area contributed by atoms with Crippen LogP contribution < -0.4 is 0 Å². The van der Waals surface area contributed by atoms with Crippen LogP contribution in [0.3, 0.4) is 0 Å². The van der Waals surface area contributed by atoms with Crippen molar-refractivity contribution in [3.63, 3.8) is 0 Å². The van der Waals surface area contributed by atoms with Gasteiger partial charge in [-0.2, -0.15) is 0 Å². The molecule has 0 bridgehead atoms. The Balaban J connectivity index is 4.68. The molecule has 0 saturated carbocycles. The van der Waals surface area contributed by atoms with E-state index in [4.69, 9.17) is 14.2 Å². The molecule has 1 atom stereocenters. The Morgan fingerprint density at radius 3 is 1.18 bits per heavy atom. The van der Waals surface area contributed by atoms with Crippen molar-refractivity contribution in [2.45, 2.75) is 142 Å². The lowest BCUT2D eigenvalue weighted by atomic mass is 10.1. The second-order valence-electron chi connectivity index (χ2n) is 14.7. The van der Waals surface area contributed by atoms with Crippen molar-refractivity contribution in [1.29, 1.82) is 0 Å².